The van der Waals surface area contributed by atoms with Gasteiger partial charge in [0.15, 0.2) is 0 Å². The molecule has 0 aliphatic heterocycles. The van der Waals surface area contributed by atoms with Gasteiger partial charge in [0.1, 0.15) is 0 Å². The normalized spacial score (nSPS) is 0. The standard InChI is InChI=1S/Ce.Co.K.H2O.H/h;;;1H2;/q;;+1;;-1. The summed E-state index contributed by atoms with van der Waals surface area (Å²) in [5.74, 6) is 0. The smallest absolute Gasteiger partial charge is 1.00 e. The van der Waals surface area contributed by atoms with Crippen molar-refractivity contribution in [1.82, 2.24) is 0 Å². The van der Waals surface area contributed by atoms with Crippen LogP contribution in [0.25, 0.3) is 0 Å². The van der Waals surface area contributed by atoms with Crippen molar-refractivity contribution in [3.8, 4) is 0 Å². The molecule has 0 heterocycles. The van der Waals surface area contributed by atoms with E-state index in [4.69, 9.17) is 0 Å². The molecule has 0 unspecified atom stereocenters. The van der Waals surface area contributed by atoms with E-state index in [2.05, 4.69) is 0 Å². The molecule has 0 bridgehead atoms. The van der Waals surface area contributed by atoms with E-state index in [9.17, 15) is 0 Å². The molecule has 0 rings (SSSR count). The SMILES string of the molecule is O.[Ce].[Co].[H-].[K+]. The first-order valence-electron chi connectivity index (χ1n) is 0. The summed E-state index contributed by atoms with van der Waals surface area (Å²) < 4.78 is 0. The van der Waals surface area contributed by atoms with Crippen molar-refractivity contribution >= 4 is 0 Å². The monoisotopic (exact) mass is 257 g/mol. The summed E-state index contributed by atoms with van der Waals surface area (Å²) >= 11 is 0. The third kappa shape index (κ3) is 9.08. The van der Waals surface area contributed by atoms with Crippen LogP contribution >= 0.6 is 0 Å². The molecule has 0 aromatic heterocycles. The Hall–Kier alpha value is 3.48. The first-order valence-corrected chi connectivity index (χ1v) is 0. The van der Waals surface area contributed by atoms with Gasteiger partial charge in [-0.25, -0.2) is 0 Å². The largest absolute Gasteiger partial charge is 1.00 e. The van der Waals surface area contributed by atoms with E-state index >= 15 is 0 Å². The van der Waals surface area contributed by atoms with Crippen LogP contribution in [0.4, 0.5) is 0 Å². The fourth-order valence-electron chi connectivity index (χ4n) is 0. The maximum absolute atomic E-state index is 0. The van der Waals surface area contributed by atoms with Crippen LogP contribution in [0.1, 0.15) is 1.43 Å². The topological polar surface area (TPSA) is 31.5 Å². The van der Waals surface area contributed by atoms with Crippen LogP contribution in [0.15, 0.2) is 0 Å². The summed E-state index contributed by atoms with van der Waals surface area (Å²) in [6.07, 6.45) is 0. The molecular weight excluding hydrogens is 254 g/mol. The van der Waals surface area contributed by atoms with Crippen molar-refractivity contribution in [3.63, 3.8) is 0 Å². The van der Waals surface area contributed by atoms with Gasteiger partial charge in [0, 0.05) is 58.5 Å². The zero-order valence-electron chi connectivity index (χ0n) is 3.33. The summed E-state index contributed by atoms with van der Waals surface area (Å²) in [5, 5.41) is 0. The van der Waals surface area contributed by atoms with Gasteiger partial charge in [-0.2, -0.15) is 0 Å². The van der Waals surface area contributed by atoms with Gasteiger partial charge in [-0.15, -0.1) is 0 Å². The molecule has 0 aliphatic rings. The van der Waals surface area contributed by atoms with E-state index in [0.717, 1.165) is 0 Å². The molecule has 0 aliphatic carbocycles. The average molecular weight is 257 g/mol. The third-order valence-electron chi connectivity index (χ3n) is 0. The summed E-state index contributed by atoms with van der Waals surface area (Å²) in [5.41, 5.74) is 0. The zero-order valence-corrected chi connectivity index (χ0v) is 9.64. The second kappa shape index (κ2) is 16.1. The van der Waals surface area contributed by atoms with Gasteiger partial charge in [0.25, 0.3) is 0 Å². The molecule has 0 atom stereocenters. The van der Waals surface area contributed by atoms with Crippen LogP contribution in [-0.2, 0) is 16.8 Å². The molecular formula is H3CeCoKO. The van der Waals surface area contributed by atoms with Gasteiger partial charge in [0.2, 0.25) is 0 Å². The molecule has 0 aromatic rings. The Kier molecular flexibility index (Phi) is 104. The number of rotatable bonds is 0. The Morgan fingerprint density at radius 3 is 1.25 bits per heavy atom. The van der Waals surface area contributed by atoms with Crippen LogP contribution in [0.2, 0.25) is 0 Å². The molecule has 0 spiro atoms. The minimum absolute atomic E-state index is 0. The molecule has 1 radical (unpaired) electrons. The van der Waals surface area contributed by atoms with E-state index in [1.54, 1.807) is 0 Å². The summed E-state index contributed by atoms with van der Waals surface area (Å²) in [7, 11) is 0. The second-order valence-electron chi connectivity index (χ2n) is 0. The molecule has 23 valence electrons. The average Bonchev–Trinajstić information content (AvgIpc) is 0. The van der Waals surface area contributed by atoms with Crippen molar-refractivity contribution in [2.75, 3.05) is 0 Å². The van der Waals surface area contributed by atoms with Crippen molar-refractivity contribution in [2.24, 2.45) is 0 Å². The van der Waals surface area contributed by atoms with Gasteiger partial charge in [-0.1, -0.05) is 0 Å². The Morgan fingerprint density at radius 1 is 1.25 bits per heavy atom. The van der Waals surface area contributed by atoms with E-state index in [1.165, 1.54) is 0 Å². The number of hydrogen-bond donors (Lipinski definition) is 0. The zero-order chi connectivity index (χ0) is 0. The van der Waals surface area contributed by atoms with Crippen LogP contribution in [-0.4, -0.2) is 5.48 Å². The van der Waals surface area contributed by atoms with Crippen LogP contribution in [0.5, 0.6) is 0 Å². The predicted octanol–water partition coefficient (Wildman–Crippen LogP) is -3.71. The minimum atomic E-state index is 0. The Morgan fingerprint density at radius 2 is 1.25 bits per heavy atom. The summed E-state index contributed by atoms with van der Waals surface area (Å²) in [4.78, 5) is 0. The van der Waals surface area contributed by atoms with Crippen molar-refractivity contribution in [3.05, 3.63) is 0 Å². The molecule has 2 N–H and O–H groups in total. The molecule has 0 amide bonds. The predicted molar refractivity (Wildman–Crippen MR) is 4.73 cm³/mol. The van der Waals surface area contributed by atoms with Crippen molar-refractivity contribution in [2.45, 2.75) is 0 Å². The van der Waals surface area contributed by atoms with Gasteiger partial charge in [-0.05, 0) is 0 Å². The van der Waals surface area contributed by atoms with Crippen LogP contribution in [0, 0.1) is 41.7 Å². The minimum Gasteiger partial charge on any atom is -1.00 e. The van der Waals surface area contributed by atoms with E-state index in [-0.39, 0.29) is 117 Å². The van der Waals surface area contributed by atoms with Crippen LogP contribution in [0.3, 0.4) is 0 Å². The Labute approximate surface area is 113 Å². The van der Waals surface area contributed by atoms with Gasteiger partial charge >= 0.3 is 51.4 Å². The van der Waals surface area contributed by atoms with Crippen LogP contribution < -0.4 is 51.4 Å². The number of hydrogen-bond acceptors (Lipinski definition) is 0. The van der Waals surface area contributed by atoms with Crippen molar-refractivity contribution in [1.29, 1.82) is 0 Å². The molecule has 0 saturated carbocycles. The quantitative estimate of drug-likeness (QED) is 0.400. The van der Waals surface area contributed by atoms with Gasteiger partial charge in [-0.3, -0.25) is 0 Å². The molecule has 0 aromatic carbocycles. The second-order valence-corrected chi connectivity index (χ2v) is 0. The Bertz CT molecular complexity index is 11.6. The fourth-order valence-corrected chi connectivity index (χ4v) is 0. The van der Waals surface area contributed by atoms with E-state index < -0.39 is 0 Å². The summed E-state index contributed by atoms with van der Waals surface area (Å²) in [6.45, 7) is 0. The molecule has 1 nitrogen and oxygen atoms in total. The molecule has 4 heavy (non-hydrogen) atoms. The molecule has 4 heteroatoms. The fraction of sp³-hybridized carbons (Fsp3) is 0. The molecule has 0 fully saturated rings. The maximum atomic E-state index is 0. The van der Waals surface area contributed by atoms with Gasteiger partial charge in [0.05, 0.1) is 0 Å². The van der Waals surface area contributed by atoms with Crippen molar-refractivity contribution < 1.29 is 117 Å². The van der Waals surface area contributed by atoms with Gasteiger partial charge < -0.3 is 6.90 Å². The maximum Gasteiger partial charge on any atom is 1.00 e. The Balaban J connectivity index is 0. The third-order valence-corrected chi connectivity index (χ3v) is 0. The van der Waals surface area contributed by atoms with E-state index in [0.29, 0.717) is 0 Å². The summed E-state index contributed by atoms with van der Waals surface area (Å²) in [6, 6.07) is 0. The molecule has 0 saturated heterocycles. The van der Waals surface area contributed by atoms with E-state index in [1.807, 2.05) is 0 Å². The first kappa shape index (κ1) is 25.9. The first-order chi connectivity index (χ1) is 0.